The summed E-state index contributed by atoms with van der Waals surface area (Å²) < 4.78 is 21.4. The van der Waals surface area contributed by atoms with Crippen molar-refractivity contribution in [3.63, 3.8) is 0 Å². The maximum Gasteiger partial charge on any atom is 0.310 e. The second kappa shape index (κ2) is 8.41. The van der Waals surface area contributed by atoms with E-state index in [2.05, 4.69) is 21.6 Å². The molecule has 0 saturated heterocycles. The molecule has 0 atom stereocenters. The van der Waals surface area contributed by atoms with E-state index in [0.29, 0.717) is 11.3 Å². The lowest BCUT2D eigenvalue weighted by Gasteiger charge is -1.92. The van der Waals surface area contributed by atoms with Crippen LogP contribution in [0.25, 0.3) is 10.4 Å². The average Bonchev–Trinajstić information content (AvgIpc) is 2.30. The minimum Gasteiger partial charge on any atom is -0.276 e. The Balaban J connectivity index is 0.000000411. The van der Waals surface area contributed by atoms with Gasteiger partial charge in [-0.05, 0) is 40.9 Å². The normalized spacial score (nSPS) is 8.94. The molecule has 5 nitrogen and oxygen atoms in total. The van der Waals surface area contributed by atoms with Crippen LogP contribution in [0.3, 0.4) is 0 Å². The molecule has 0 unspecified atom stereocenters. The lowest BCUT2D eigenvalue weighted by atomic mass is 10.2. The van der Waals surface area contributed by atoms with Crippen molar-refractivity contribution in [3.8, 4) is 0 Å². The lowest BCUT2D eigenvalue weighted by Crippen LogP contribution is -1.98. The number of hydrogen-bond acceptors (Lipinski definition) is 3. The highest BCUT2D eigenvalue weighted by Gasteiger charge is 2.09. The molecule has 0 aliphatic heterocycles. The van der Waals surface area contributed by atoms with E-state index >= 15 is 0 Å². The fraction of sp³-hybridized carbons (Fsp3) is 0.111. The minimum absolute atomic E-state index is 0.383. The fourth-order valence-corrected chi connectivity index (χ4v) is 0.837. The molecular formula is C9H5Cl2F2N3O2. The van der Waals surface area contributed by atoms with Crippen molar-refractivity contribution in [1.82, 2.24) is 0 Å². The third kappa shape index (κ3) is 6.80. The van der Waals surface area contributed by atoms with Gasteiger partial charge in [0.2, 0.25) is 0 Å². The average molecular weight is 296 g/mol. The number of azide groups is 1. The van der Waals surface area contributed by atoms with Crippen LogP contribution in [0.1, 0.15) is 10.4 Å². The second-order valence-electron chi connectivity index (χ2n) is 2.61. The third-order valence-corrected chi connectivity index (χ3v) is 1.81. The Kier molecular flexibility index (Phi) is 7.62. The van der Waals surface area contributed by atoms with Gasteiger partial charge in [0.1, 0.15) is 0 Å². The fourth-order valence-electron chi connectivity index (χ4n) is 0.711. The van der Waals surface area contributed by atoms with Crippen LogP contribution in [0.2, 0.25) is 0 Å². The summed E-state index contributed by atoms with van der Waals surface area (Å²) >= 11 is 9.41. The van der Waals surface area contributed by atoms with Gasteiger partial charge in [-0.15, -0.1) is 0 Å². The highest BCUT2D eigenvalue weighted by molar-refractivity contribution is 6.67. The number of benzene rings is 1. The lowest BCUT2D eigenvalue weighted by molar-refractivity contribution is -0.121. The van der Waals surface area contributed by atoms with Crippen molar-refractivity contribution in [2.45, 2.75) is 6.43 Å². The van der Waals surface area contributed by atoms with E-state index in [-0.39, 0.29) is 0 Å². The van der Waals surface area contributed by atoms with Crippen LogP contribution in [0.5, 0.6) is 0 Å². The number of carbonyl (C=O) groups is 2. The molecule has 0 N–H and O–H groups in total. The zero-order valence-electron chi connectivity index (χ0n) is 8.56. The number of nitrogens with zero attached hydrogens (tertiary/aromatic N) is 3. The molecule has 1 rings (SSSR count). The van der Waals surface area contributed by atoms with Crippen molar-refractivity contribution < 1.29 is 18.4 Å². The third-order valence-electron chi connectivity index (χ3n) is 1.43. The molecule has 0 amide bonds. The van der Waals surface area contributed by atoms with Crippen molar-refractivity contribution in [3.05, 3.63) is 40.3 Å². The standard InChI is InChI=1S/C7H4ClN3O.C2HClF2O/c8-7(12)5-1-3-6(4-2-5)10-11-9;3-1(6)2(4)5/h1-4H;2H. The van der Waals surface area contributed by atoms with Crippen LogP contribution < -0.4 is 0 Å². The largest absolute Gasteiger partial charge is 0.310 e. The molecule has 0 radical (unpaired) electrons. The van der Waals surface area contributed by atoms with Crippen molar-refractivity contribution in [1.29, 1.82) is 0 Å². The summed E-state index contributed by atoms with van der Waals surface area (Å²) in [6, 6.07) is 6.04. The highest BCUT2D eigenvalue weighted by Crippen LogP contribution is 2.13. The molecule has 0 fully saturated rings. The highest BCUT2D eigenvalue weighted by atomic mass is 35.5. The molecule has 1 aromatic rings. The Hall–Kier alpha value is -1.69. The zero-order chi connectivity index (χ0) is 14.1. The van der Waals surface area contributed by atoms with E-state index in [4.69, 9.17) is 21.9 Å². The summed E-state index contributed by atoms with van der Waals surface area (Å²) in [5.74, 6) is 0. The van der Waals surface area contributed by atoms with E-state index < -0.39 is 16.9 Å². The maximum absolute atomic E-state index is 10.7. The van der Waals surface area contributed by atoms with Crippen molar-refractivity contribution in [2.75, 3.05) is 0 Å². The predicted octanol–water partition coefficient (Wildman–Crippen LogP) is 4.02. The Bertz CT molecular complexity index is 452. The first-order chi connectivity index (χ1) is 8.38. The van der Waals surface area contributed by atoms with Gasteiger partial charge in [0.05, 0.1) is 0 Å². The summed E-state index contributed by atoms with van der Waals surface area (Å²) in [4.78, 5) is 22.3. The van der Waals surface area contributed by atoms with Crippen LogP contribution in [0, 0.1) is 0 Å². The molecule has 0 bridgehead atoms. The number of rotatable bonds is 3. The van der Waals surface area contributed by atoms with Crippen LogP contribution in [0.4, 0.5) is 14.5 Å². The van der Waals surface area contributed by atoms with Gasteiger partial charge < -0.3 is 0 Å². The van der Waals surface area contributed by atoms with Gasteiger partial charge in [0, 0.05) is 16.2 Å². The van der Waals surface area contributed by atoms with Gasteiger partial charge >= 0.3 is 6.43 Å². The Morgan fingerprint density at radius 3 is 1.94 bits per heavy atom. The number of alkyl halides is 2. The Labute approximate surface area is 110 Å². The van der Waals surface area contributed by atoms with Gasteiger partial charge in [-0.1, -0.05) is 17.2 Å². The number of carbonyl (C=O) groups excluding carboxylic acids is 2. The topological polar surface area (TPSA) is 82.9 Å². The van der Waals surface area contributed by atoms with Crippen LogP contribution in [-0.4, -0.2) is 16.9 Å². The summed E-state index contributed by atoms with van der Waals surface area (Å²) in [7, 11) is 0. The van der Waals surface area contributed by atoms with Crippen LogP contribution in [0.15, 0.2) is 29.4 Å². The minimum atomic E-state index is -3.02. The van der Waals surface area contributed by atoms with Gasteiger partial charge in [0.25, 0.3) is 10.5 Å². The molecule has 0 aliphatic carbocycles. The van der Waals surface area contributed by atoms with Crippen molar-refractivity contribution >= 4 is 39.4 Å². The summed E-state index contributed by atoms with van der Waals surface area (Å²) in [6.07, 6.45) is -3.02. The Morgan fingerprint density at radius 2 is 1.67 bits per heavy atom. The Morgan fingerprint density at radius 1 is 1.22 bits per heavy atom. The molecule has 1 aromatic carbocycles. The molecule has 0 aromatic heterocycles. The molecule has 0 saturated carbocycles. The molecule has 0 heterocycles. The van der Waals surface area contributed by atoms with Gasteiger partial charge in [0.15, 0.2) is 0 Å². The molecule has 96 valence electrons. The van der Waals surface area contributed by atoms with Gasteiger partial charge in [-0.2, -0.15) is 0 Å². The summed E-state index contributed by atoms with van der Waals surface area (Å²) in [6.45, 7) is 0. The predicted molar refractivity (Wildman–Crippen MR) is 62.3 cm³/mol. The van der Waals surface area contributed by atoms with E-state index in [1.807, 2.05) is 0 Å². The number of hydrogen-bond donors (Lipinski definition) is 0. The molecule has 18 heavy (non-hydrogen) atoms. The molecule has 9 heteroatoms. The van der Waals surface area contributed by atoms with Crippen molar-refractivity contribution in [2.24, 2.45) is 5.11 Å². The quantitative estimate of drug-likeness (QED) is 0.365. The van der Waals surface area contributed by atoms with E-state index in [0.717, 1.165) is 0 Å². The van der Waals surface area contributed by atoms with E-state index in [9.17, 15) is 13.6 Å². The monoisotopic (exact) mass is 295 g/mol. The number of halogens is 4. The van der Waals surface area contributed by atoms with Crippen LogP contribution in [-0.2, 0) is 4.79 Å². The molecular weight excluding hydrogens is 291 g/mol. The first kappa shape index (κ1) is 16.3. The van der Waals surface area contributed by atoms with Gasteiger partial charge in [-0.25, -0.2) is 8.78 Å². The zero-order valence-corrected chi connectivity index (χ0v) is 10.1. The maximum atomic E-state index is 10.7. The second-order valence-corrected chi connectivity index (χ2v) is 3.33. The molecule has 0 spiro atoms. The summed E-state index contributed by atoms with van der Waals surface area (Å²) in [5.41, 5.74) is 8.90. The van der Waals surface area contributed by atoms with Crippen LogP contribution >= 0.6 is 23.2 Å². The van der Waals surface area contributed by atoms with E-state index in [1.54, 1.807) is 0 Å². The SMILES string of the molecule is O=C(Cl)C(F)F.[N-]=[N+]=Nc1ccc(C(=O)Cl)cc1. The summed E-state index contributed by atoms with van der Waals surface area (Å²) in [5, 5.41) is 1.21. The first-order valence-corrected chi connectivity index (χ1v) is 4.96. The molecule has 0 aliphatic rings. The van der Waals surface area contributed by atoms with E-state index in [1.165, 1.54) is 24.3 Å². The smallest absolute Gasteiger partial charge is 0.276 e. The first-order valence-electron chi connectivity index (χ1n) is 4.21. The van der Waals surface area contributed by atoms with Gasteiger partial charge in [-0.3, -0.25) is 9.59 Å².